The molecule has 0 atom stereocenters. The third-order valence-electron chi connectivity index (χ3n) is 5.38. The van der Waals surface area contributed by atoms with Gasteiger partial charge in [-0.25, -0.2) is 0 Å². The van der Waals surface area contributed by atoms with E-state index in [4.69, 9.17) is 0 Å². The summed E-state index contributed by atoms with van der Waals surface area (Å²) in [6.45, 7) is 4.49. The molecule has 26 heavy (non-hydrogen) atoms. The molecule has 0 heterocycles. The molecule has 0 aliphatic carbocycles. The number of hydrogen-bond acceptors (Lipinski definition) is 2. The van der Waals surface area contributed by atoms with E-state index in [9.17, 15) is 10.2 Å². The molecule has 0 radical (unpaired) electrons. The van der Waals surface area contributed by atoms with E-state index < -0.39 is 0 Å². The number of aryl methyl sites for hydroxylation is 2. The zero-order chi connectivity index (χ0) is 19.0. The van der Waals surface area contributed by atoms with Crippen LogP contribution in [0.5, 0.6) is 11.5 Å². The highest BCUT2D eigenvalue weighted by Crippen LogP contribution is 2.30. The Labute approximate surface area is 162 Å². The van der Waals surface area contributed by atoms with E-state index in [1.165, 1.54) is 77.0 Å². The fraction of sp³-hybridized carbons (Fsp3) is 0.750. The Kier molecular flexibility index (Phi) is 13.1. The topological polar surface area (TPSA) is 40.5 Å². The molecule has 2 N–H and O–H groups in total. The second-order valence-corrected chi connectivity index (χ2v) is 7.85. The van der Waals surface area contributed by atoms with Gasteiger partial charge < -0.3 is 10.2 Å². The molecule has 150 valence electrons. The summed E-state index contributed by atoms with van der Waals surface area (Å²) in [6.07, 6.45) is 19.5. The van der Waals surface area contributed by atoms with Crippen molar-refractivity contribution in [2.24, 2.45) is 0 Å². The molecule has 0 aliphatic heterocycles. The van der Waals surface area contributed by atoms with Gasteiger partial charge in [-0.3, -0.25) is 0 Å². The van der Waals surface area contributed by atoms with Crippen molar-refractivity contribution in [2.45, 2.75) is 117 Å². The molecule has 0 amide bonds. The van der Waals surface area contributed by atoms with Crippen LogP contribution in [0.25, 0.3) is 0 Å². The van der Waals surface area contributed by atoms with Crippen molar-refractivity contribution < 1.29 is 10.2 Å². The zero-order valence-electron chi connectivity index (χ0n) is 17.4. The van der Waals surface area contributed by atoms with Crippen molar-refractivity contribution in [3.8, 4) is 11.5 Å². The second kappa shape index (κ2) is 14.9. The first-order valence-electron chi connectivity index (χ1n) is 11.2. The molecule has 2 heteroatoms. The Bertz CT molecular complexity index is 424. The normalized spacial score (nSPS) is 11.2. The van der Waals surface area contributed by atoms with Crippen LogP contribution in [0.2, 0.25) is 0 Å². The van der Waals surface area contributed by atoms with E-state index in [0.717, 1.165) is 36.8 Å². The largest absolute Gasteiger partial charge is 0.508 e. The third kappa shape index (κ3) is 10.1. The first kappa shape index (κ1) is 22.9. The molecule has 0 unspecified atom stereocenters. The van der Waals surface area contributed by atoms with Gasteiger partial charge in [0.05, 0.1) is 0 Å². The van der Waals surface area contributed by atoms with E-state index >= 15 is 0 Å². The van der Waals surface area contributed by atoms with Gasteiger partial charge in [0.25, 0.3) is 0 Å². The van der Waals surface area contributed by atoms with Crippen molar-refractivity contribution in [2.75, 3.05) is 0 Å². The Morgan fingerprint density at radius 2 is 0.808 bits per heavy atom. The van der Waals surface area contributed by atoms with Crippen molar-refractivity contribution in [1.29, 1.82) is 0 Å². The van der Waals surface area contributed by atoms with E-state index in [1.54, 1.807) is 12.1 Å². The summed E-state index contributed by atoms with van der Waals surface area (Å²) in [7, 11) is 0. The van der Waals surface area contributed by atoms with Gasteiger partial charge >= 0.3 is 0 Å². The van der Waals surface area contributed by atoms with Crippen LogP contribution >= 0.6 is 0 Å². The van der Waals surface area contributed by atoms with Crippen LogP contribution in [-0.2, 0) is 12.8 Å². The quantitative estimate of drug-likeness (QED) is 0.234. The Morgan fingerprint density at radius 1 is 0.500 bits per heavy atom. The maximum atomic E-state index is 10.3. The number of aromatic hydroxyl groups is 2. The van der Waals surface area contributed by atoms with Gasteiger partial charge in [0.1, 0.15) is 11.5 Å². The first-order valence-corrected chi connectivity index (χ1v) is 11.2. The zero-order valence-corrected chi connectivity index (χ0v) is 17.4. The summed E-state index contributed by atoms with van der Waals surface area (Å²) in [5.41, 5.74) is 1.80. The first-order chi connectivity index (χ1) is 12.7. The maximum Gasteiger partial charge on any atom is 0.119 e. The molecule has 1 rings (SSSR count). The molecule has 0 fully saturated rings. The average Bonchev–Trinajstić information content (AvgIpc) is 2.63. The minimum Gasteiger partial charge on any atom is -0.508 e. The van der Waals surface area contributed by atoms with Gasteiger partial charge in [-0.1, -0.05) is 90.9 Å². The molecule has 1 aromatic carbocycles. The molecule has 0 saturated heterocycles. The Morgan fingerprint density at radius 3 is 1.15 bits per heavy atom. The number of benzene rings is 1. The number of rotatable bonds is 16. The predicted molar refractivity (Wildman–Crippen MR) is 113 cm³/mol. The molecular formula is C24H42O2. The highest BCUT2D eigenvalue weighted by atomic mass is 16.3. The van der Waals surface area contributed by atoms with Crippen LogP contribution in [0.1, 0.15) is 115 Å². The number of phenolic OH excluding ortho intramolecular Hbond substituents is 2. The molecule has 0 spiro atoms. The van der Waals surface area contributed by atoms with Crippen molar-refractivity contribution in [3.63, 3.8) is 0 Å². The predicted octanol–water partition coefficient (Wildman–Crippen LogP) is 7.68. The smallest absolute Gasteiger partial charge is 0.119 e. The fourth-order valence-electron chi connectivity index (χ4n) is 3.61. The van der Waals surface area contributed by atoms with Crippen molar-refractivity contribution >= 4 is 0 Å². The van der Waals surface area contributed by atoms with Gasteiger partial charge in [-0.2, -0.15) is 0 Å². The van der Waals surface area contributed by atoms with Crippen LogP contribution < -0.4 is 0 Å². The number of unbranched alkanes of at least 4 members (excludes halogenated alkanes) is 12. The van der Waals surface area contributed by atoms with Crippen molar-refractivity contribution in [3.05, 3.63) is 23.3 Å². The lowest BCUT2D eigenvalue weighted by Gasteiger charge is -2.10. The summed E-state index contributed by atoms with van der Waals surface area (Å²) in [4.78, 5) is 0. The Balaban J connectivity index is 2.26. The average molecular weight is 363 g/mol. The Hall–Kier alpha value is -1.18. The van der Waals surface area contributed by atoms with Crippen LogP contribution in [0.3, 0.4) is 0 Å². The molecule has 1 aromatic rings. The SMILES string of the molecule is CCCCCCCCCc1cc(O)c(CCCCCCCCC)cc1O. The van der Waals surface area contributed by atoms with E-state index in [2.05, 4.69) is 13.8 Å². The highest BCUT2D eigenvalue weighted by molar-refractivity contribution is 5.45. The van der Waals surface area contributed by atoms with E-state index in [1.807, 2.05) is 0 Å². The summed E-state index contributed by atoms with van der Waals surface area (Å²) in [6, 6.07) is 3.59. The lowest BCUT2D eigenvalue weighted by atomic mass is 9.99. The fourth-order valence-corrected chi connectivity index (χ4v) is 3.61. The number of phenols is 2. The molecule has 0 bridgehead atoms. The van der Waals surface area contributed by atoms with E-state index in [0.29, 0.717) is 11.5 Å². The summed E-state index contributed by atoms with van der Waals surface area (Å²) in [5.74, 6) is 0.735. The molecular weight excluding hydrogens is 320 g/mol. The minimum atomic E-state index is 0.367. The van der Waals surface area contributed by atoms with Gasteiger partial charge in [0.15, 0.2) is 0 Å². The van der Waals surface area contributed by atoms with Gasteiger partial charge in [0.2, 0.25) is 0 Å². The monoisotopic (exact) mass is 362 g/mol. The number of hydrogen-bond donors (Lipinski definition) is 2. The van der Waals surface area contributed by atoms with Crippen LogP contribution in [0.15, 0.2) is 12.1 Å². The minimum absolute atomic E-state index is 0.367. The molecule has 0 saturated carbocycles. The molecule has 2 nitrogen and oxygen atoms in total. The standard InChI is InChI=1S/C24H42O2/c1-3-5-7-9-11-13-15-17-21-19-24(26)22(20-23(21)25)18-16-14-12-10-8-6-4-2/h19-20,25-26H,3-18H2,1-2H3. The second-order valence-electron chi connectivity index (χ2n) is 7.85. The van der Waals surface area contributed by atoms with Crippen molar-refractivity contribution in [1.82, 2.24) is 0 Å². The highest BCUT2D eigenvalue weighted by Gasteiger charge is 2.08. The lowest BCUT2D eigenvalue weighted by Crippen LogP contribution is -1.92. The van der Waals surface area contributed by atoms with Crippen LogP contribution in [0.4, 0.5) is 0 Å². The van der Waals surface area contributed by atoms with E-state index in [-0.39, 0.29) is 0 Å². The summed E-state index contributed by atoms with van der Waals surface area (Å²) >= 11 is 0. The van der Waals surface area contributed by atoms with Crippen LogP contribution in [0, 0.1) is 0 Å². The maximum absolute atomic E-state index is 10.3. The van der Waals surface area contributed by atoms with Crippen LogP contribution in [-0.4, -0.2) is 10.2 Å². The van der Waals surface area contributed by atoms with Gasteiger partial charge in [0, 0.05) is 0 Å². The summed E-state index contributed by atoms with van der Waals surface area (Å²) < 4.78 is 0. The van der Waals surface area contributed by atoms with Gasteiger partial charge in [-0.05, 0) is 48.9 Å². The van der Waals surface area contributed by atoms with Gasteiger partial charge in [-0.15, -0.1) is 0 Å². The lowest BCUT2D eigenvalue weighted by molar-refractivity contribution is 0.445. The third-order valence-corrected chi connectivity index (χ3v) is 5.38. The molecule has 0 aromatic heterocycles. The summed E-state index contributed by atoms with van der Waals surface area (Å²) in [5, 5.41) is 20.6. The molecule has 0 aliphatic rings.